The van der Waals surface area contributed by atoms with Crippen molar-refractivity contribution < 1.29 is 14.3 Å². The number of hydrogen-bond acceptors (Lipinski definition) is 3. The summed E-state index contributed by atoms with van der Waals surface area (Å²) in [6, 6.07) is 3.52. The lowest BCUT2D eigenvalue weighted by molar-refractivity contribution is -0.117. The lowest BCUT2D eigenvalue weighted by Gasteiger charge is -2.21. The quantitative estimate of drug-likeness (QED) is 0.839. The number of rotatable bonds is 4. The third-order valence-electron chi connectivity index (χ3n) is 3.12. The predicted octanol–water partition coefficient (Wildman–Crippen LogP) is 2.48. The molecule has 1 heterocycles. The first-order valence-electron chi connectivity index (χ1n) is 6.01. The molecule has 1 aliphatic rings. The third kappa shape index (κ3) is 3.71. The maximum absolute atomic E-state index is 11.6. The summed E-state index contributed by atoms with van der Waals surface area (Å²) >= 11 is 3.19. The van der Waals surface area contributed by atoms with Crippen LogP contribution in [0.15, 0.2) is 27.3 Å². The van der Waals surface area contributed by atoms with Crippen LogP contribution in [0.3, 0.4) is 0 Å². The number of furan rings is 1. The number of aliphatic hydroxyl groups is 1. The van der Waals surface area contributed by atoms with E-state index >= 15 is 0 Å². The molecule has 1 aliphatic carbocycles. The molecule has 0 atom stereocenters. The monoisotopic (exact) mass is 313 g/mol. The van der Waals surface area contributed by atoms with Gasteiger partial charge in [-0.15, -0.1) is 0 Å². The summed E-state index contributed by atoms with van der Waals surface area (Å²) in [6.07, 6.45) is 6.60. The molecule has 0 aliphatic heterocycles. The van der Waals surface area contributed by atoms with Gasteiger partial charge in [-0.25, -0.2) is 0 Å². The highest BCUT2D eigenvalue weighted by Gasteiger charge is 2.30. The molecule has 0 bridgehead atoms. The normalized spacial score (nSPS) is 18.3. The molecule has 4 nitrogen and oxygen atoms in total. The minimum absolute atomic E-state index is 0.220. The molecule has 0 unspecified atom stereocenters. The third-order valence-corrected chi connectivity index (χ3v) is 3.55. The minimum atomic E-state index is -0.711. The van der Waals surface area contributed by atoms with Crippen molar-refractivity contribution in [2.45, 2.75) is 31.3 Å². The average Bonchev–Trinajstić information content (AvgIpc) is 2.94. The SMILES string of the molecule is O=C(C=Cc1ccc(Br)o1)NCC1(O)CCCC1. The molecule has 98 valence electrons. The summed E-state index contributed by atoms with van der Waals surface area (Å²) in [5.41, 5.74) is -0.711. The van der Waals surface area contributed by atoms with E-state index in [1.807, 2.05) is 0 Å². The van der Waals surface area contributed by atoms with Crippen molar-refractivity contribution in [3.05, 3.63) is 28.6 Å². The molecule has 1 saturated carbocycles. The van der Waals surface area contributed by atoms with E-state index < -0.39 is 5.60 Å². The summed E-state index contributed by atoms with van der Waals surface area (Å²) in [4.78, 5) is 11.6. The van der Waals surface area contributed by atoms with E-state index in [9.17, 15) is 9.90 Å². The van der Waals surface area contributed by atoms with Gasteiger partial charge in [0.25, 0.3) is 0 Å². The Morgan fingerprint density at radius 3 is 2.83 bits per heavy atom. The standard InChI is InChI=1S/C13H16BrNO3/c14-11-5-3-10(18-11)4-6-12(16)15-9-13(17)7-1-2-8-13/h3-6,17H,1-2,7-9H2,(H,15,16). The van der Waals surface area contributed by atoms with Crippen LogP contribution in [0.25, 0.3) is 6.08 Å². The fraction of sp³-hybridized carbons (Fsp3) is 0.462. The summed E-state index contributed by atoms with van der Waals surface area (Å²) in [6.45, 7) is 0.317. The number of hydrogen-bond donors (Lipinski definition) is 2. The van der Waals surface area contributed by atoms with E-state index in [1.165, 1.54) is 6.08 Å². The smallest absolute Gasteiger partial charge is 0.244 e. The van der Waals surface area contributed by atoms with Crippen molar-refractivity contribution in [3.8, 4) is 0 Å². The summed E-state index contributed by atoms with van der Waals surface area (Å²) < 4.78 is 5.86. The van der Waals surface area contributed by atoms with Gasteiger partial charge in [0, 0.05) is 12.6 Å². The zero-order chi connectivity index (χ0) is 13.0. The van der Waals surface area contributed by atoms with Gasteiger partial charge in [0.2, 0.25) is 5.91 Å². The number of amides is 1. The highest BCUT2D eigenvalue weighted by molar-refractivity contribution is 9.10. The number of carbonyl (C=O) groups excluding carboxylic acids is 1. The summed E-state index contributed by atoms with van der Waals surface area (Å²) in [7, 11) is 0. The highest BCUT2D eigenvalue weighted by Crippen LogP contribution is 2.28. The Labute approximate surface area is 114 Å². The second-order valence-electron chi connectivity index (χ2n) is 4.62. The summed E-state index contributed by atoms with van der Waals surface area (Å²) in [5, 5.41) is 12.8. The number of nitrogens with one attached hydrogen (secondary N) is 1. The fourth-order valence-corrected chi connectivity index (χ4v) is 2.42. The molecule has 1 fully saturated rings. The van der Waals surface area contributed by atoms with Gasteiger partial charge in [-0.1, -0.05) is 12.8 Å². The van der Waals surface area contributed by atoms with Crippen LogP contribution in [0.1, 0.15) is 31.4 Å². The second kappa shape index (κ2) is 5.71. The van der Waals surface area contributed by atoms with Gasteiger partial charge < -0.3 is 14.8 Å². The van der Waals surface area contributed by atoms with Gasteiger partial charge in [-0.3, -0.25) is 4.79 Å². The summed E-state index contributed by atoms with van der Waals surface area (Å²) in [5.74, 6) is 0.388. The van der Waals surface area contributed by atoms with Gasteiger partial charge in [-0.05, 0) is 47.0 Å². The molecule has 2 rings (SSSR count). The fourth-order valence-electron chi connectivity index (χ4n) is 2.10. The number of halogens is 1. The van der Waals surface area contributed by atoms with Gasteiger partial charge in [-0.2, -0.15) is 0 Å². The Balaban J connectivity index is 1.80. The first-order valence-corrected chi connectivity index (χ1v) is 6.80. The molecular formula is C13H16BrNO3. The van der Waals surface area contributed by atoms with Gasteiger partial charge >= 0.3 is 0 Å². The van der Waals surface area contributed by atoms with Crippen LogP contribution in [0.5, 0.6) is 0 Å². The van der Waals surface area contributed by atoms with Crippen molar-refractivity contribution in [2.24, 2.45) is 0 Å². The molecule has 0 aromatic carbocycles. The minimum Gasteiger partial charge on any atom is -0.450 e. The zero-order valence-corrected chi connectivity index (χ0v) is 11.6. The Hall–Kier alpha value is -1.07. The molecule has 0 spiro atoms. The van der Waals surface area contributed by atoms with Crippen molar-refractivity contribution >= 4 is 27.9 Å². The van der Waals surface area contributed by atoms with Crippen molar-refractivity contribution in [1.29, 1.82) is 0 Å². The molecule has 18 heavy (non-hydrogen) atoms. The van der Waals surface area contributed by atoms with Crippen molar-refractivity contribution in [2.75, 3.05) is 6.54 Å². The molecule has 1 amide bonds. The van der Waals surface area contributed by atoms with Crippen LogP contribution in [0, 0.1) is 0 Å². The lowest BCUT2D eigenvalue weighted by atomic mass is 10.0. The van der Waals surface area contributed by atoms with Crippen LogP contribution < -0.4 is 5.32 Å². The van der Waals surface area contributed by atoms with Gasteiger partial charge in [0.1, 0.15) is 5.76 Å². The molecule has 0 saturated heterocycles. The average molecular weight is 314 g/mol. The van der Waals surface area contributed by atoms with E-state index in [0.29, 0.717) is 17.0 Å². The predicted molar refractivity (Wildman–Crippen MR) is 71.9 cm³/mol. The largest absolute Gasteiger partial charge is 0.450 e. The maximum Gasteiger partial charge on any atom is 0.244 e. The van der Waals surface area contributed by atoms with E-state index in [4.69, 9.17) is 4.42 Å². The maximum atomic E-state index is 11.6. The highest BCUT2D eigenvalue weighted by atomic mass is 79.9. The van der Waals surface area contributed by atoms with Crippen LogP contribution in [-0.2, 0) is 4.79 Å². The Morgan fingerprint density at radius 2 is 2.22 bits per heavy atom. The van der Waals surface area contributed by atoms with Gasteiger partial charge in [0.15, 0.2) is 4.67 Å². The molecule has 2 N–H and O–H groups in total. The second-order valence-corrected chi connectivity index (χ2v) is 5.41. The van der Waals surface area contributed by atoms with Crippen molar-refractivity contribution in [3.63, 3.8) is 0 Å². The zero-order valence-electron chi connectivity index (χ0n) is 9.99. The van der Waals surface area contributed by atoms with Crippen LogP contribution in [-0.4, -0.2) is 23.2 Å². The van der Waals surface area contributed by atoms with Crippen LogP contribution >= 0.6 is 15.9 Å². The van der Waals surface area contributed by atoms with Crippen LogP contribution in [0.2, 0.25) is 0 Å². The molecule has 0 radical (unpaired) electrons. The lowest BCUT2D eigenvalue weighted by Crippen LogP contribution is -2.40. The Morgan fingerprint density at radius 1 is 1.50 bits per heavy atom. The first kappa shape index (κ1) is 13.4. The van der Waals surface area contributed by atoms with Crippen molar-refractivity contribution in [1.82, 2.24) is 5.32 Å². The van der Waals surface area contributed by atoms with Gasteiger partial charge in [0.05, 0.1) is 5.60 Å². The van der Waals surface area contributed by atoms with E-state index in [2.05, 4.69) is 21.2 Å². The topological polar surface area (TPSA) is 62.5 Å². The Kier molecular flexibility index (Phi) is 4.24. The molecular weight excluding hydrogens is 298 g/mol. The molecule has 5 heteroatoms. The number of carbonyl (C=O) groups is 1. The molecule has 1 aromatic rings. The van der Waals surface area contributed by atoms with E-state index in [-0.39, 0.29) is 5.91 Å². The first-order chi connectivity index (χ1) is 8.57. The van der Waals surface area contributed by atoms with E-state index in [1.54, 1.807) is 18.2 Å². The van der Waals surface area contributed by atoms with Crippen LogP contribution in [0.4, 0.5) is 0 Å². The molecule has 1 aromatic heterocycles. The van der Waals surface area contributed by atoms with E-state index in [0.717, 1.165) is 25.7 Å². The Bertz CT molecular complexity index is 447.